The van der Waals surface area contributed by atoms with Gasteiger partial charge < -0.3 is 0 Å². The molecule has 2 aromatic carbocycles. The highest BCUT2D eigenvalue weighted by molar-refractivity contribution is 9.10. The molecule has 0 spiro atoms. The van der Waals surface area contributed by atoms with Crippen molar-refractivity contribution in [3.8, 4) is 0 Å². The fourth-order valence-corrected chi connectivity index (χ4v) is 2.80. The minimum Gasteiger partial charge on any atom is -0.241 e. The molecule has 0 aliphatic heterocycles. The largest absolute Gasteiger partial charge is 0.241 e. The fourth-order valence-electron chi connectivity index (χ4n) is 2.34. The van der Waals surface area contributed by atoms with Crippen LogP contribution in [0.15, 0.2) is 59.2 Å². The van der Waals surface area contributed by atoms with Crippen molar-refractivity contribution < 1.29 is 0 Å². The lowest BCUT2D eigenvalue weighted by atomic mass is 10.0. The van der Waals surface area contributed by atoms with E-state index in [1.165, 1.54) is 22.1 Å². The molecule has 1 heterocycles. The molecule has 19 heavy (non-hydrogen) atoms. The van der Waals surface area contributed by atoms with Gasteiger partial charge in [0.1, 0.15) is 4.60 Å². The Labute approximate surface area is 121 Å². The van der Waals surface area contributed by atoms with Gasteiger partial charge in [0.05, 0.1) is 5.52 Å². The predicted molar refractivity (Wildman–Crippen MR) is 83.4 cm³/mol. The van der Waals surface area contributed by atoms with Crippen molar-refractivity contribution in [2.75, 3.05) is 0 Å². The van der Waals surface area contributed by atoms with Gasteiger partial charge in [-0.15, -0.1) is 0 Å². The first-order valence-corrected chi connectivity index (χ1v) is 7.11. The number of aromatic nitrogens is 1. The molecule has 0 amide bonds. The van der Waals surface area contributed by atoms with E-state index in [0.29, 0.717) is 0 Å². The van der Waals surface area contributed by atoms with Gasteiger partial charge in [-0.25, -0.2) is 4.98 Å². The summed E-state index contributed by atoms with van der Waals surface area (Å²) in [7, 11) is 0. The first kappa shape index (κ1) is 12.4. The summed E-state index contributed by atoms with van der Waals surface area (Å²) >= 11 is 3.50. The maximum atomic E-state index is 4.54. The molecule has 3 rings (SSSR count). The van der Waals surface area contributed by atoms with Crippen LogP contribution in [-0.2, 0) is 6.42 Å². The Morgan fingerprint density at radius 1 is 1.00 bits per heavy atom. The van der Waals surface area contributed by atoms with Crippen molar-refractivity contribution in [3.05, 3.63) is 75.9 Å². The number of aryl methyl sites for hydroxylation is 1. The van der Waals surface area contributed by atoms with Crippen molar-refractivity contribution in [1.82, 2.24) is 4.98 Å². The summed E-state index contributed by atoms with van der Waals surface area (Å²) in [6.45, 7) is 2.12. The molecule has 1 nitrogen and oxygen atoms in total. The van der Waals surface area contributed by atoms with Crippen molar-refractivity contribution in [1.29, 1.82) is 0 Å². The lowest BCUT2D eigenvalue weighted by molar-refractivity contribution is 1.18. The van der Waals surface area contributed by atoms with Crippen LogP contribution in [0, 0.1) is 6.92 Å². The van der Waals surface area contributed by atoms with Gasteiger partial charge in [-0.2, -0.15) is 0 Å². The molecule has 3 aromatic rings. The van der Waals surface area contributed by atoms with E-state index in [9.17, 15) is 0 Å². The minimum atomic E-state index is 0.898. The number of benzene rings is 2. The standard InChI is InChI=1S/C17H14BrN/c1-12-7-8-16-15(9-12)14(11-17(18)19-16)10-13-5-3-2-4-6-13/h2-9,11H,10H2,1H3. The van der Waals surface area contributed by atoms with Crippen molar-refractivity contribution >= 4 is 26.8 Å². The molecule has 2 heteroatoms. The molecule has 0 atom stereocenters. The smallest absolute Gasteiger partial charge is 0.107 e. The molecule has 0 bridgehead atoms. The zero-order valence-electron chi connectivity index (χ0n) is 10.7. The minimum absolute atomic E-state index is 0.898. The highest BCUT2D eigenvalue weighted by Gasteiger charge is 2.06. The number of hydrogen-bond acceptors (Lipinski definition) is 1. The lowest BCUT2D eigenvalue weighted by Crippen LogP contribution is -1.93. The molecule has 0 N–H and O–H groups in total. The maximum absolute atomic E-state index is 4.54. The van der Waals surface area contributed by atoms with Crippen LogP contribution in [-0.4, -0.2) is 4.98 Å². The van der Waals surface area contributed by atoms with Crippen LogP contribution in [0.4, 0.5) is 0 Å². The van der Waals surface area contributed by atoms with Crippen molar-refractivity contribution in [2.24, 2.45) is 0 Å². The quantitative estimate of drug-likeness (QED) is 0.614. The number of halogens is 1. The molecular weight excluding hydrogens is 298 g/mol. The molecule has 0 aliphatic rings. The number of fused-ring (bicyclic) bond motifs is 1. The highest BCUT2D eigenvalue weighted by Crippen LogP contribution is 2.24. The van der Waals surface area contributed by atoms with Gasteiger partial charge in [-0.3, -0.25) is 0 Å². The summed E-state index contributed by atoms with van der Waals surface area (Å²) in [5.74, 6) is 0. The van der Waals surface area contributed by atoms with Gasteiger partial charge >= 0.3 is 0 Å². The Kier molecular flexibility index (Phi) is 3.34. The van der Waals surface area contributed by atoms with E-state index in [4.69, 9.17) is 0 Å². The molecule has 0 fully saturated rings. The summed E-state index contributed by atoms with van der Waals surface area (Å²) in [6, 6.07) is 19.1. The zero-order valence-corrected chi connectivity index (χ0v) is 12.3. The maximum Gasteiger partial charge on any atom is 0.107 e. The number of hydrogen-bond donors (Lipinski definition) is 0. The number of pyridine rings is 1. The van der Waals surface area contributed by atoms with Gasteiger partial charge in [0, 0.05) is 5.39 Å². The Morgan fingerprint density at radius 2 is 1.79 bits per heavy atom. The first-order chi connectivity index (χ1) is 9.22. The topological polar surface area (TPSA) is 12.9 Å². The molecule has 0 unspecified atom stereocenters. The Hall–Kier alpha value is -1.67. The third-order valence-electron chi connectivity index (χ3n) is 3.26. The van der Waals surface area contributed by atoms with E-state index in [1.807, 2.05) is 6.07 Å². The van der Waals surface area contributed by atoms with E-state index < -0.39 is 0 Å². The predicted octanol–water partition coefficient (Wildman–Crippen LogP) is 4.90. The molecule has 94 valence electrons. The van der Waals surface area contributed by atoms with Crippen LogP contribution in [0.1, 0.15) is 16.7 Å². The van der Waals surface area contributed by atoms with Gasteiger partial charge in [0.15, 0.2) is 0 Å². The molecule has 0 saturated heterocycles. The monoisotopic (exact) mass is 311 g/mol. The fraction of sp³-hybridized carbons (Fsp3) is 0.118. The van der Waals surface area contributed by atoms with Crippen molar-refractivity contribution in [2.45, 2.75) is 13.3 Å². The summed E-state index contributed by atoms with van der Waals surface area (Å²) in [4.78, 5) is 4.54. The third kappa shape index (κ3) is 2.69. The van der Waals surface area contributed by atoms with E-state index in [-0.39, 0.29) is 0 Å². The van der Waals surface area contributed by atoms with Crippen LogP contribution in [0.3, 0.4) is 0 Å². The van der Waals surface area contributed by atoms with Gasteiger partial charge in [0.2, 0.25) is 0 Å². The average Bonchev–Trinajstić information content (AvgIpc) is 2.41. The second-order valence-electron chi connectivity index (χ2n) is 4.79. The van der Waals surface area contributed by atoms with Gasteiger partial charge in [0.25, 0.3) is 0 Å². The molecular formula is C17H14BrN. The highest BCUT2D eigenvalue weighted by atomic mass is 79.9. The van der Waals surface area contributed by atoms with Crippen molar-refractivity contribution in [3.63, 3.8) is 0 Å². The summed E-state index contributed by atoms with van der Waals surface area (Å²) < 4.78 is 0.898. The molecule has 0 radical (unpaired) electrons. The third-order valence-corrected chi connectivity index (χ3v) is 3.66. The van der Waals surface area contributed by atoms with Crippen LogP contribution in [0.2, 0.25) is 0 Å². The van der Waals surface area contributed by atoms with Gasteiger partial charge in [-0.1, -0.05) is 42.0 Å². The van der Waals surface area contributed by atoms with Crippen LogP contribution >= 0.6 is 15.9 Å². The molecule has 0 saturated carbocycles. The van der Waals surface area contributed by atoms with E-state index >= 15 is 0 Å². The first-order valence-electron chi connectivity index (χ1n) is 6.32. The second-order valence-corrected chi connectivity index (χ2v) is 5.60. The van der Waals surface area contributed by atoms with Crippen LogP contribution < -0.4 is 0 Å². The number of rotatable bonds is 2. The lowest BCUT2D eigenvalue weighted by Gasteiger charge is -2.08. The Balaban J connectivity index is 2.14. The average molecular weight is 312 g/mol. The van der Waals surface area contributed by atoms with E-state index in [0.717, 1.165) is 16.5 Å². The van der Waals surface area contributed by atoms with Gasteiger partial charge in [-0.05, 0) is 58.6 Å². The summed E-state index contributed by atoms with van der Waals surface area (Å²) in [5, 5.41) is 1.24. The van der Waals surface area contributed by atoms with E-state index in [2.05, 4.69) is 76.4 Å². The Morgan fingerprint density at radius 3 is 2.58 bits per heavy atom. The normalized spacial score (nSPS) is 10.8. The summed E-state index contributed by atoms with van der Waals surface area (Å²) in [5.41, 5.74) is 4.95. The summed E-state index contributed by atoms with van der Waals surface area (Å²) in [6.07, 6.45) is 0.932. The van der Waals surface area contributed by atoms with Crippen LogP contribution in [0.5, 0.6) is 0 Å². The second kappa shape index (κ2) is 5.14. The molecule has 0 aliphatic carbocycles. The number of nitrogens with zero attached hydrogens (tertiary/aromatic N) is 1. The van der Waals surface area contributed by atoms with Crippen LogP contribution in [0.25, 0.3) is 10.9 Å². The van der Waals surface area contributed by atoms with E-state index in [1.54, 1.807) is 0 Å². The Bertz CT molecular complexity index is 720. The SMILES string of the molecule is Cc1ccc2nc(Br)cc(Cc3ccccc3)c2c1. The molecule has 1 aromatic heterocycles. The zero-order chi connectivity index (χ0) is 13.2.